The number of carbonyl (C=O) groups excluding carboxylic acids is 2. The van der Waals surface area contributed by atoms with Gasteiger partial charge in [-0.2, -0.15) is 0 Å². The molecular formula is C19H22N4O3. The molecule has 0 atom stereocenters. The van der Waals surface area contributed by atoms with Crippen molar-refractivity contribution in [1.29, 1.82) is 0 Å². The summed E-state index contributed by atoms with van der Waals surface area (Å²) in [6.07, 6.45) is 5.33. The highest BCUT2D eigenvalue weighted by atomic mass is 16.5. The van der Waals surface area contributed by atoms with Gasteiger partial charge >= 0.3 is 5.97 Å². The zero-order valence-electron chi connectivity index (χ0n) is 14.7. The maximum absolute atomic E-state index is 12.2. The van der Waals surface area contributed by atoms with Crippen LogP contribution < -0.4 is 10.6 Å². The summed E-state index contributed by atoms with van der Waals surface area (Å²) in [7, 11) is 1.35. The van der Waals surface area contributed by atoms with Crippen LogP contribution in [0.15, 0.2) is 36.4 Å². The van der Waals surface area contributed by atoms with Crippen LogP contribution in [0.5, 0.6) is 0 Å². The number of ether oxygens (including phenoxy) is 1. The number of amides is 1. The summed E-state index contributed by atoms with van der Waals surface area (Å²) >= 11 is 0. The van der Waals surface area contributed by atoms with Crippen LogP contribution >= 0.6 is 0 Å². The summed E-state index contributed by atoms with van der Waals surface area (Å²) in [5.41, 5.74) is 1.25. The van der Waals surface area contributed by atoms with Gasteiger partial charge in [-0.25, -0.2) is 4.79 Å². The van der Waals surface area contributed by atoms with Crippen molar-refractivity contribution in [3.8, 4) is 0 Å². The molecule has 1 fully saturated rings. The fourth-order valence-electron chi connectivity index (χ4n) is 3.01. The zero-order chi connectivity index (χ0) is 18.4. The first-order chi connectivity index (χ1) is 12.7. The van der Waals surface area contributed by atoms with E-state index < -0.39 is 0 Å². The van der Waals surface area contributed by atoms with Crippen LogP contribution in [-0.2, 0) is 9.53 Å². The molecule has 136 valence electrons. The van der Waals surface area contributed by atoms with Crippen molar-refractivity contribution in [2.45, 2.75) is 32.1 Å². The Kier molecular flexibility index (Phi) is 5.78. The van der Waals surface area contributed by atoms with Crippen LogP contribution in [0.2, 0.25) is 0 Å². The molecule has 0 bridgehead atoms. The van der Waals surface area contributed by atoms with E-state index in [1.165, 1.54) is 13.5 Å². The predicted octanol–water partition coefficient (Wildman–Crippen LogP) is 3.53. The number of nitrogens with zero attached hydrogens (tertiary/aromatic N) is 2. The highest BCUT2D eigenvalue weighted by molar-refractivity contribution is 5.91. The number of hydrogen-bond acceptors (Lipinski definition) is 6. The number of rotatable bonds is 5. The fourth-order valence-corrected chi connectivity index (χ4v) is 3.01. The van der Waals surface area contributed by atoms with Gasteiger partial charge in [0.1, 0.15) is 0 Å². The summed E-state index contributed by atoms with van der Waals surface area (Å²) in [5, 5.41) is 14.1. The minimum atomic E-state index is -0.380. The van der Waals surface area contributed by atoms with Crippen molar-refractivity contribution in [1.82, 2.24) is 10.2 Å². The molecule has 7 nitrogen and oxygen atoms in total. The van der Waals surface area contributed by atoms with Gasteiger partial charge in [-0.3, -0.25) is 4.79 Å². The molecule has 0 radical (unpaired) electrons. The molecule has 0 saturated heterocycles. The predicted molar refractivity (Wildman–Crippen MR) is 98.3 cm³/mol. The van der Waals surface area contributed by atoms with Crippen LogP contribution in [0.25, 0.3) is 0 Å². The number of benzene rings is 1. The number of nitrogens with one attached hydrogen (secondary N) is 2. The quantitative estimate of drug-likeness (QED) is 0.798. The van der Waals surface area contributed by atoms with Crippen LogP contribution in [-0.4, -0.2) is 29.2 Å². The van der Waals surface area contributed by atoms with Crippen molar-refractivity contribution < 1.29 is 14.3 Å². The van der Waals surface area contributed by atoms with Gasteiger partial charge in [-0.05, 0) is 49.2 Å². The number of aromatic nitrogens is 2. The Morgan fingerprint density at radius 2 is 1.62 bits per heavy atom. The van der Waals surface area contributed by atoms with Crippen LogP contribution in [0.4, 0.5) is 17.3 Å². The maximum atomic E-state index is 12.2. The van der Waals surface area contributed by atoms with Crippen LogP contribution in [0.3, 0.4) is 0 Å². The van der Waals surface area contributed by atoms with Crippen LogP contribution in [0.1, 0.15) is 42.5 Å². The Labute approximate surface area is 152 Å². The summed E-state index contributed by atoms with van der Waals surface area (Å²) < 4.78 is 4.67. The van der Waals surface area contributed by atoms with Crippen molar-refractivity contribution in [2.75, 3.05) is 17.7 Å². The van der Waals surface area contributed by atoms with E-state index in [4.69, 9.17) is 0 Å². The number of anilines is 3. The van der Waals surface area contributed by atoms with E-state index in [1.54, 1.807) is 36.4 Å². The van der Waals surface area contributed by atoms with Crippen molar-refractivity contribution in [3.05, 3.63) is 42.0 Å². The highest BCUT2D eigenvalue weighted by Gasteiger charge is 2.21. The third kappa shape index (κ3) is 4.56. The number of methoxy groups -OCH3 is 1. The first-order valence-corrected chi connectivity index (χ1v) is 8.76. The maximum Gasteiger partial charge on any atom is 0.337 e. The molecule has 0 aliphatic heterocycles. The molecule has 0 unspecified atom stereocenters. The van der Waals surface area contributed by atoms with Gasteiger partial charge in [-0.15, -0.1) is 10.2 Å². The van der Waals surface area contributed by atoms with Gasteiger partial charge in [0.2, 0.25) is 5.91 Å². The van der Waals surface area contributed by atoms with Gasteiger partial charge in [0, 0.05) is 11.6 Å². The van der Waals surface area contributed by atoms with E-state index in [2.05, 4.69) is 25.6 Å². The largest absolute Gasteiger partial charge is 0.465 e. The third-order valence-corrected chi connectivity index (χ3v) is 4.47. The Morgan fingerprint density at radius 3 is 2.23 bits per heavy atom. The molecule has 1 aromatic heterocycles. The molecule has 3 rings (SSSR count). The molecule has 1 aliphatic rings. The topological polar surface area (TPSA) is 93.2 Å². The van der Waals surface area contributed by atoms with Gasteiger partial charge < -0.3 is 15.4 Å². The van der Waals surface area contributed by atoms with Gasteiger partial charge in [0.05, 0.1) is 12.7 Å². The van der Waals surface area contributed by atoms with Gasteiger partial charge in [0.15, 0.2) is 11.6 Å². The summed E-state index contributed by atoms with van der Waals surface area (Å²) in [6.45, 7) is 0. The van der Waals surface area contributed by atoms with Gasteiger partial charge in [-0.1, -0.05) is 19.3 Å². The molecule has 1 amide bonds. The Hall–Kier alpha value is -2.96. The number of carbonyl (C=O) groups is 2. The zero-order valence-corrected chi connectivity index (χ0v) is 14.7. The lowest BCUT2D eigenvalue weighted by molar-refractivity contribution is -0.120. The Balaban J connectivity index is 1.57. The lowest BCUT2D eigenvalue weighted by Gasteiger charge is -2.20. The second-order valence-electron chi connectivity index (χ2n) is 6.32. The minimum Gasteiger partial charge on any atom is -0.465 e. The molecule has 1 saturated carbocycles. The van der Waals surface area contributed by atoms with Crippen LogP contribution in [0, 0.1) is 5.92 Å². The van der Waals surface area contributed by atoms with Crippen molar-refractivity contribution in [2.24, 2.45) is 5.92 Å². The standard InChI is InChI=1S/C19H22N4O3/c1-26-19(25)14-7-9-15(10-8-14)20-16-11-12-17(23-22-16)21-18(24)13-5-3-2-4-6-13/h7-13H,2-6H2,1H3,(H,20,22)(H,21,23,24). The smallest absolute Gasteiger partial charge is 0.337 e. The van der Waals surface area contributed by atoms with E-state index in [9.17, 15) is 9.59 Å². The second-order valence-corrected chi connectivity index (χ2v) is 6.32. The molecule has 1 aromatic carbocycles. The van der Waals surface area contributed by atoms with E-state index in [-0.39, 0.29) is 17.8 Å². The van der Waals surface area contributed by atoms with Crippen molar-refractivity contribution >= 4 is 29.2 Å². The van der Waals surface area contributed by atoms with E-state index in [0.29, 0.717) is 17.2 Å². The normalized spacial score (nSPS) is 14.5. The second kappa shape index (κ2) is 8.42. The van der Waals surface area contributed by atoms with E-state index in [0.717, 1.165) is 31.4 Å². The Morgan fingerprint density at radius 1 is 0.962 bits per heavy atom. The van der Waals surface area contributed by atoms with Gasteiger partial charge in [0.25, 0.3) is 0 Å². The Bertz CT molecular complexity index is 753. The molecule has 26 heavy (non-hydrogen) atoms. The molecule has 0 spiro atoms. The SMILES string of the molecule is COC(=O)c1ccc(Nc2ccc(NC(=O)C3CCCCC3)nn2)cc1. The lowest BCUT2D eigenvalue weighted by atomic mass is 9.89. The molecule has 2 aromatic rings. The molecule has 7 heteroatoms. The molecule has 1 heterocycles. The number of hydrogen-bond donors (Lipinski definition) is 2. The third-order valence-electron chi connectivity index (χ3n) is 4.47. The monoisotopic (exact) mass is 354 g/mol. The lowest BCUT2D eigenvalue weighted by Crippen LogP contribution is -2.25. The van der Waals surface area contributed by atoms with E-state index in [1.807, 2.05) is 0 Å². The highest BCUT2D eigenvalue weighted by Crippen LogP contribution is 2.24. The van der Waals surface area contributed by atoms with Crippen molar-refractivity contribution in [3.63, 3.8) is 0 Å². The molecule has 2 N–H and O–H groups in total. The minimum absolute atomic E-state index is 0.0260. The average Bonchev–Trinajstić information content (AvgIpc) is 2.70. The molecule has 1 aliphatic carbocycles. The first-order valence-electron chi connectivity index (χ1n) is 8.76. The average molecular weight is 354 g/mol. The summed E-state index contributed by atoms with van der Waals surface area (Å²) in [5.74, 6) is 0.725. The fraction of sp³-hybridized carbons (Fsp3) is 0.368. The number of esters is 1. The summed E-state index contributed by atoms with van der Waals surface area (Å²) in [4.78, 5) is 23.6. The van der Waals surface area contributed by atoms with E-state index >= 15 is 0 Å². The molecular weight excluding hydrogens is 332 g/mol. The first kappa shape index (κ1) is 17.8. The summed E-state index contributed by atoms with van der Waals surface area (Å²) in [6, 6.07) is 10.3.